The molecule has 6 heteroatoms. The van der Waals surface area contributed by atoms with Crippen LogP contribution in [-0.2, 0) is 4.79 Å². The number of likely N-dealkylation sites (tertiary alicyclic amines) is 1. The van der Waals surface area contributed by atoms with Crippen LogP contribution in [0.25, 0.3) is 0 Å². The van der Waals surface area contributed by atoms with Gasteiger partial charge in [-0.05, 0) is 32.6 Å². The van der Waals surface area contributed by atoms with Crippen molar-refractivity contribution >= 4 is 5.91 Å². The molecular formula is C14H22N4O2. The molecule has 2 heterocycles. The zero-order valence-electron chi connectivity index (χ0n) is 11.9. The summed E-state index contributed by atoms with van der Waals surface area (Å²) >= 11 is 0. The standard InChI is InChI=1S/C14H22N4O2/c1-9-16-13(20-17-9)10-4-3-7-18(8-10)14(19)11-5-2-6-12(11)15/h10-12H,2-8,15H2,1H3/t10-,11-,12+/m1/s1. The molecule has 1 aliphatic heterocycles. The molecule has 2 fully saturated rings. The highest BCUT2D eigenvalue weighted by molar-refractivity contribution is 5.80. The number of carbonyl (C=O) groups excluding carboxylic acids is 1. The molecule has 1 aliphatic carbocycles. The molecule has 1 amide bonds. The first-order valence-corrected chi connectivity index (χ1v) is 7.49. The molecule has 2 aliphatic rings. The minimum absolute atomic E-state index is 0.0122. The van der Waals surface area contributed by atoms with Crippen molar-refractivity contribution in [3.05, 3.63) is 11.7 Å². The number of rotatable bonds is 2. The normalized spacial score (nSPS) is 30.7. The maximum atomic E-state index is 12.6. The van der Waals surface area contributed by atoms with E-state index in [0.29, 0.717) is 18.3 Å². The molecule has 1 saturated heterocycles. The van der Waals surface area contributed by atoms with Crippen molar-refractivity contribution in [3.63, 3.8) is 0 Å². The number of aromatic nitrogens is 2. The van der Waals surface area contributed by atoms with Gasteiger partial charge < -0.3 is 15.2 Å². The summed E-state index contributed by atoms with van der Waals surface area (Å²) in [4.78, 5) is 18.8. The van der Waals surface area contributed by atoms with Crippen molar-refractivity contribution in [2.75, 3.05) is 13.1 Å². The highest BCUT2D eigenvalue weighted by Gasteiger charge is 2.36. The first-order chi connectivity index (χ1) is 9.65. The van der Waals surface area contributed by atoms with Crippen LogP contribution in [0.4, 0.5) is 0 Å². The Bertz CT molecular complexity index is 487. The van der Waals surface area contributed by atoms with Gasteiger partial charge in [-0.25, -0.2) is 0 Å². The molecule has 0 aromatic carbocycles. The molecule has 1 aromatic heterocycles. The van der Waals surface area contributed by atoms with E-state index in [-0.39, 0.29) is 23.8 Å². The van der Waals surface area contributed by atoms with Gasteiger partial charge in [-0.3, -0.25) is 4.79 Å². The van der Waals surface area contributed by atoms with Gasteiger partial charge in [-0.1, -0.05) is 11.6 Å². The molecule has 0 bridgehead atoms. The van der Waals surface area contributed by atoms with Crippen LogP contribution in [0.2, 0.25) is 0 Å². The Kier molecular flexibility index (Phi) is 3.74. The Balaban J connectivity index is 1.67. The van der Waals surface area contributed by atoms with Gasteiger partial charge >= 0.3 is 0 Å². The van der Waals surface area contributed by atoms with Crippen molar-refractivity contribution < 1.29 is 9.32 Å². The maximum Gasteiger partial charge on any atom is 0.231 e. The van der Waals surface area contributed by atoms with Gasteiger partial charge in [-0.15, -0.1) is 0 Å². The summed E-state index contributed by atoms with van der Waals surface area (Å²) < 4.78 is 5.25. The Morgan fingerprint density at radius 2 is 2.20 bits per heavy atom. The number of nitrogens with two attached hydrogens (primary N) is 1. The van der Waals surface area contributed by atoms with Crippen molar-refractivity contribution in [1.29, 1.82) is 0 Å². The van der Waals surface area contributed by atoms with Crippen molar-refractivity contribution in [2.24, 2.45) is 11.7 Å². The monoisotopic (exact) mass is 278 g/mol. The summed E-state index contributed by atoms with van der Waals surface area (Å²) in [6.07, 6.45) is 4.96. The first-order valence-electron chi connectivity index (χ1n) is 7.49. The number of carbonyl (C=O) groups is 1. The second-order valence-electron chi connectivity index (χ2n) is 6.00. The molecule has 2 N–H and O–H groups in total. The van der Waals surface area contributed by atoms with Crippen LogP contribution in [0.5, 0.6) is 0 Å². The van der Waals surface area contributed by atoms with Crippen LogP contribution < -0.4 is 5.73 Å². The lowest BCUT2D eigenvalue weighted by Crippen LogP contribution is -2.45. The van der Waals surface area contributed by atoms with E-state index < -0.39 is 0 Å². The fraction of sp³-hybridized carbons (Fsp3) is 0.786. The van der Waals surface area contributed by atoms with Gasteiger partial charge in [0.15, 0.2) is 5.82 Å². The molecule has 0 unspecified atom stereocenters. The van der Waals surface area contributed by atoms with E-state index in [9.17, 15) is 4.79 Å². The Labute approximate surface area is 118 Å². The highest BCUT2D eigenvalue weighted by atomic mass is 16.5. The Morgan fingerprint density at radius 3 is 2.85 bits per heavy atom. The number of aryl methyl sites for hydroxylation is 1. The molecule has 110 valence electrons. The minimum atomic E-state index is 0.0122. The van der Waals surface area contributed by atoms with Crippen LogP contribution in [0, 0.1) is 12.8 Å². The molecule has 3 rings (SSSR count). The van der Waals surface area contributed by atoms with Crippen molar-refractivity contribution in [3.8, 4) is 0 Å². The van der Waals surface area contributed by atoms with Crippen LogP contribution in [0.15, 0.2) is 4.52 Å². The molecule has 0 radical (unpaired) electrons. The highest BCUT2D eigenvalue weighted by Crippen LogP contribution is 2.30. The quantitative estimate of drug-likeness (QED) is 0.879. The van der Waals surface area contributed by atoms with Gasteiger partial charge in [-0.2, -0.15) is 4.98 Å². The smallest absolute Gasteiger partial charge is 0.231 e. The van der Waals surface area contributed by atoms with Gasteiger partial charge in [0.2, 0.25) is 11.8 Å². The molecular weight excluding hydrogens is 256 g/mol. The van der Waals surface area contributed by atoms with E-state index >= 15 is 0 Å². The number of nitrogens with zero attached hydrogens (tertiary/aromatic N) is 3. The number of piperidine rings is 1. The second kappa shape index (κ2) is 5.52. The molecule has 3 atom stereocenters. The first kappa shape index (κ1) is 13.5. The van der Waals surface area contributed by atoms with Crippen LogP contribution in [0.1, 0.15) is 49.7 Å². The number of hydrogen-bond donors (Lipinski definition) is 1. The largest absolute Gasteiger partial charge is 0.342 e. The molecule has 0 spiro atoms. The Morgan fingerprint density at radius 1 is 1.35 bits per heavy atom. The summed E-state index contributed by atoms with van der Waals surface area (Å²) in [5.74, 6) is 1.72. The minimum Gasteiger partial charge on any atom is -0.342 e. The van der Waals surface area contributed by atoms with Crippen LogP contribution >= 0.6 is 0 Å². The predicted octanol–water partition coefficient (Wildman–Crippen LogP) is 1.21. The summed E-state index contributed by atoms with van der Waals surface area (Å²) in [7, 11) is 0. The van der Waals surface area contributed by atoms with Gasteiger partial charge in [0, 0.05) is 19.1 Å². The average Bonchev–Trinajstić information content (AvgIpc) is 3.07. The van der Waals surface area contributed by atoms with E-state index in [1.165, 1.54) is 0 Å². The zero-order valence-corrected chi connectivity index (χ0v) is 11.9. The zero-order chi connectivity index (χ0) is 14.1. The summed E-state index contributed by atoms with van der Waals surface area (Å²) in [5, 5.41) is 3.84. The predicted molar refractivity (Wildman–Crippen MR) is 72.9 cm³/mol. The number of hydrogen-bond acceptors (Lipinski definition) is 5. The number of amides is 1. The van der Waals surface area contributed by atoms with E-state index in [4.69, 9.17) is 10.3 Å². The topological polar surface area (TPSA) is 85.2 Å². The molecule has 6 nitrogen and oxygen atoms in total. The van der Waals surface area contributed by atoms with E-state index in [0.717, 1.165) is 38.6 Å². The fourth-order valence-corrected chi connectivity index (χ4v) is 3.39. The molecule has 1 saturated carbocycles. The lowest BCUT2D eigenvalue weighted by atomic mass is 9.95. The van der Waals surface area contributed by atoms with Gasteiger partial charge in [0.25, 0.3) is 0 Å². The maximum absolute atomic E-state index is 12.6. The fourth-order valence-electron chi connectivity index (χ4n) is 3.39. The lowest BCUT2D eigenvalue weighted by molar-refractivity contribution is -0.137. The lowest BCUT2D eigenvalue weighted by Gasteiger charge is -2.33. The van der Waals surface area contributed by atoms with Crippen molar-refractivity contribution in [1.82, 2.24) is 15.0 Å². The summed E-state index contributed by atoms with van der Waals surface area (Å²) in [6.45, 7) is 3.33. The SMILES string of the molecule is Cc1noc([C@@H]2CCCN(C(=O)[C@@H]3CCC[C@@H]3N)C2)n1. The van der Waals surface area contributed by atoms with E-state index in [2.05, 4.69) is 10.1 Å². The van der Waals surface area contributed by atoms with Crippen molar-refractivity contribution in [2.45, 2.75) is 51.0 Å². The van der Waals surface area contributed by atoms with Crippen LogP contribution in [0.3, 0.4) is 0 Å². The summed E-state index contributed by atoms with van der Waals surface area (Å²) in [6, 6.07) is 0.0357. The van der Waals surface area contributed by atoms with Crippen LogP contribution in [-0.4, -0.2) is 40.1 Å². The molecule has 1 aromatic rings. The third kappa shape index (κ3) is 2.57. The van der Waals surface area contributed by atoms with Gasteiger partial charge in [0.05, 0.1) is 11.8 Å². The van der Waals surface area contributed by atoms with Gasteiger partial charge in [0.1, 0.15) is 0 Å². The molecule has 20 heavy (non-hydrogen) atoms. The average molecular weight is 278 g/mol. The third-order valence-corrected chi connectivity index (χ3v) is 4.51. The third-order valence-electron chi connectivity index (χ3n) is 4.51. The summed E-state index contributed by atoms with van der Waals surface area (Å²) in [5.41, 5.74) is 6.05. The van der Waals surface area contributed by atoms with E-state index in [1.54, 1.807) is 0 Å². The van der Waals surface area contributed by atoms with E-state index in [1.807, 2.05) is 11.8 Å². The Hall–Kier alpha value is -1.43. The second-order valence-corrected chi connectivity index (χ2v) is 6.00.